The van der Waals surface area contributed by atoms with Gasteiger partial charge in [0, 0.05) is 12.8 Å². The molecule has 0 aliphatic rings. The van der Waals surface area contributed by atoms with Gasteiger partial charge in [-0.2, -0.15) is 0 Å². The lowest BCUT2D eigenvalue weighted by molar-refractivity contribution is -0.157. The van der Waals surface area contributed by atoms with Crippen LogP contribution in [-0.2, 0) is 35.1 Å². The zero-order valence-electron chi connectivity index (χ0n) is 22.1. The first-order chi connectivity index (χ1) is 16.2. The van der Waals surface area contributed by atoms with E-state index < -0.39 is 34.8 Å². The van der Waals surface area contributed by atoms with Crippen LogP contribution in [0.15, 0.2) is 18.2 Å². The number of nitrogens with two attached hydrogens (primary N) is 1. The molecule has 35 heavy (non-hydrogen) atoms. The average molecular weight is 494 g/mol. The third-order valence-corrected chi connectivity index (χ3v) is 5.70. The van der Waals surface area contributed by atoms with Crippen LogP contribution in [0.25, 0.3) is 0 Å². The second-order valence-electron chi connectivity index (χ2n) is 9.88. The molecule has 2 N–H and O–H groups in total. The van der Waals surface area contributed by atoms with Crippen molar-refractivity contribution in [3.63, 3.8) is 0 Å². The van der Waals surface area contributed by atoms with Gasteiger partial charge in [0.15, 0.2) is 11.5 Å². The topological polar surface area (TPSA) is 131 Å². The molecule has 0 heterocycles. The number of ether oxygens (including phenoxy) is 4. The van der Waals surface area contributed by atoms with E-state index >= 15 is 0 Å². The predicted molar refractivity (Wildman–Crippen MR) is 130 cm³/mol. The molecule has 0 aliphatic carbocycles. The van der Waals surface area contributed by atoms with Gasteiger partial charge in [0.25, 0.3) is 0 Å². The largest absolute Gasteiger partial charge is 0.468 e. The maximum Gasteiger partial charge on any atom is 0.326 e. The number of carbonyl (C=O) groups is 4. The summed E-state index contributed by atoms with van der Waals surface area (Å²) in [7, 11) is 1.22. The minimum atomic E-state index is -1.51. The first-order valence-corrected chi connectivity index (χ1v) is 11.8. The summed E-state index contributed by atoms with van der Waals surface area (Å²) < 4.78 is 21.1. The van der Waals surface area contributed by atoms with E-state index in [0.29, 0.717) is 12.0 Å². The lowest BCUT2D eigenvalue weighted by Crippen LogP contribution is -2.51. The van der Waals surface area contributed by atoms with Gasteiger partial charge in [-0.1, -0.05) is 40.7 Å². The fourth-order valence-corrected chi connectivity index (χ4v) is 2.77. The van der Waals surface area contributed by atoms with Crippen molar-refractivity contribution >= 4 is 23.9 Å². The van der Waals surface area contributed by atoms with Crippen LogP contribution >= 0.6 is 0 Å². The number of hydrogen-bond donors (Lipinski definition) is 1. The summed E-state index contributed by atoms with van der Waals surface area (Å²) >= 11 is 0. The molecule has 0 spiro atoms. The number of rotatable bonds is 12. The van der Waals surface area contributed by atoms with Gasteiger partial charge >= 0.3 is 23.9 Å². The summed E-state index contributed by atoms with van der Waals surface area (Å²) in [5.41, 5.74) is 4.78. The molecule has 196 valence electrons. The predicted octanol–water partition coefficient (Wildman–Crippen LogP) is 3.59. The van der Waals surface area contributed by atoms with Crippen molar-refractivity contribution in [1.29, 1.82) is 0 Å². The molecule has 1 aromatic carbocycles. The summed E-state index contributed by atoms with van der Waals surface area (Å²) in [5, 5.41) is 0. The van der Waals surface area contributed by atoms with Gasteiger partial charge in [-0.3, -0.25) is 19.2 Å². The van der Waals surface area contributed by atoms with Gasteiger partial charge in [-0.15, -0.1) is 0 Å². The molecule has 1 rings (SSSR count). The number of benzene rings is 1. The summed E-state index contributed by atoms with van der Waals surface area (Å²) in [5.74, 6) is -2.75. The highest BCUT2D eigenvalue weighted by Gasteiger charge is 2.37. The number of carbonyl (C=O) groups excluding carboxylic acids is 4. The van der Waals surface area contributed by atoms with Crippen LogP contribution in [0.1, 0.15) is 66.9 Å². The first kappa shape index (κ1) is 30.1. The second kappa shape index (κ2) is 12.7. The summed E-state index contributed by atoms with van der Waals surface area (Å²) in [6.45, 7) is 12.1. The highest BCUT2D eigenvalue weighted by atomic mass is 16.6. The Balaban J connectivity index is 3.20. The highest BCUT2D eigenvalue weighted by Crippen LogP contribution is 2.32. The number of hydrogen-bond acceptors (Lipinski definition) is 9. The molecule has 0 fully saturated rings. The standard InChI is InChI=1S/C26H39NO8/c1-9-25(6,7)23(30)33-13-12-26(27,24(31)32-8)15-18-10-11-19(34-21(28)16(2)3)20(14-18)35-22(29)17(4)5/h10-11,14,16-17H,9,12-13,15,27H2,1-8H3/t26-/m1/s1. The summed E-state index contributed by atoms with van der Waals surface area (Å²) in [6, 6.07) is 4.60. The lowest BCUT2D eigenvalue weighted by atomic mass is 9.88. The molecule has 0 aromatic heterocycles. The van der Waals surface area contributed by atoms with Crippen LogP contribution in [0.5, 0.6) is 11.5 Å². The van der Waals surface area contributed by atoms with E-state index in [0.717, 1.165) is 0 Å². The van der Waals surface area contributed by atoms with Crippen molar-refractivity contribution in [2.45, 2.75) is 73.3 Å². The van der Waals surface area contributed by atoms with Crippen molar-refractivity contribution in [2.75, 3.05) is 13.7 Å². The molecule has 1 aromatic rings. The van der Waals surface area contributed by atoms with Gasteiger partial charge < -0.3 is 24.7 Å². The van der Waals surface area contributed by atoms with Crippen LogP contribution in [0, 0.1) is 17.3 Å². The molecule has 0 unspecified atom stereocenters. The van der Waals surface area contributed by atoms with Crippen LogP contribution in [0.2, 0.25) is 0 Å². The van der Waals surface area contributed by atoms with Gasteiger partial charge in [-0.05, 0) is 38.0 Å². The van der Waals surface area contributed by atoms with Crippen molar-refractivity contribution < 1.29 is 38.1 Å². The van der Waals surface area contributed by atoms with Crippen LogP contribution < -0.4 is 15.2 Å². The Morgan fingerprint density at radius 1 is 0.914 bits per heavy atom. The zero-order chi connectivity index (χ0) is 27.0. The Morgan fingerprint density at radius 2 is 1.46 bits per heavy atom. The van der Waals surface area contributed by atoms with Gasteiger partial charge in [-0.25, -0.2) is 0 Å². The van der Waals surface area contributed by atoms with Crippen molar-refractivity contribution in [2.24, 2.45) is 23.0 Å². The molecule has 9 heteroatoms. The van der Waals surface area contributed by atoms with Crippen molar-refractivity contribution in [1.82, 2.24) is 0 Å². The normalized spacial score (nSPS) is 13.2. The molecule has 1 atom stereocenters. The van der Waals surface area contributed by atoms with Crippen LogP contribution in [-0.4, -0.2) is 43.1 Å². The summed E-state index contributed by atoms with van der Waals surface area (Å²) in [6.07, 6.45) is 0.609. The van der Waals surface area contributed by atoms with E-state index in [9.17, 15) is 19.2 Å². The minimum Gasteiger partial charge on any atom is -0.468 e. The Bertz CT molecular complexity index is 922. The van der Waals surface area contributed by atoms with Crippen molar-refractivity contribution in [3.05, 3.63) is 23.8 Å². The first-order valence-electron chi connectivity index (χ1n) is 11.8. The smallest absolute Gasteiger partial charge is 0.326 e. The second-order valence-corrected chi connectivity index (χ2v) is 9.88. The lowest BCUT2D eigenvalue weighted by Gasteiger charge is -2.28. The van der Waals surface area contributed by atoms with Gasteiger partial charge in [0.05, 0.1) is 31.0 Å². The van der Waals surface area contributed by atoms with E-state index in [2.05, 4.69) is 0 Å². The Hall–Kier alpha value is -2.94. The highest BCUT2D eigenvalue weighted by molar-refractivity contribution is 5.81. The maximum absolute atomic E-state index is 12.6. The van der Waals surface area contributed by atoms with E-state index in [1.165, 1.54) is 19.2 Å². The van der Waals surface area contributed by atoms with E-state index in [1.54, 1.807) is 47.6 Å². The summed E-state index contributed by atoms with van der Waals surface area (Å²) in [4.78, 5) is 49.2. The number of esters is 4. The molecule has 0 aliphatic heterocycles. The Labute approximate surface area is 207 Å². The van der Waals surface area contributed by atoms with E-state index in [-0.39, 0.29) is 42.8 Å². The number of methoxy groups -OCH3 is 1. The van der Waals surface area contributed by atoms with Crippen LogP contribution in [0.4, 0.5) is 0 Å². The SMILES string of the molecule is CCC(C)(C)C(=O)OCC[C@@](N)(Cc1ccc(OC(=O)C(C)C)c(OC(=O)C(C)C)c1)C(=O)OC. The van der Waals surface area contributed by atoms with E-state index in [4.69, 9.17) is 24.7 Å². The fraction of sp³-hybridized carbons (Fsp3) is 0.615. The molecule has 0 amide bonds. The quantitative estimate of drug-likeness (QED) is 0.343. The molecule has 9 nitrogen and oxygen atoms in total. The molecule has 0 bridgehead atoms. The third-order valence-electron chi connectivity index (χ3n) is 5.70. The monoisotopic (exact) mass is 493 g/mol. The average Bonchev–Trinajstić information content (AvgIpc) is 2.79. The van der Waals surface area contributed by atoms with Gasteiger partial charge in [0.2, 0.25) is 0 Å². The maximum atomic E-state index is 12.6. The molecule has 0 saturated carbocycles. The zero-order valence-corrected chi connectivity index (χ0v) is 22.1. The molecule has 0 radical (unpaired) electrons. The molecular formula is C26H39NO8. The van der Waals surface area contributed by atoms with Gasteiger partial charge in [0.1, 0.15) is 5.54 Å². The van der Waals surface area contributed by atoms with E-state index in [1.807, 2.05) is 6.92 Å². The Kier molecular flexibility index (Phi) is 10.9. The van der Waals surface area contributed by atoms with Crippen molar-refractivity contribution in [3.8, 4) is 11.5 Å². The van der Waals surface area contributed by atoms with Crippen LogP contribution in [0.3, 0.4) is 0 Å². The molecular weight excluding hydrogens is 454 g/mol. The third kappa shape index (κ3) is 8.65. The Morgan fingerprint density at radius 3 is 1.94 bits per heavy atom. The fourth-order valence-electron chi connectivity index (χ4n) is 2.77. The minimum absolute atomic E-state index is 0.000962. The molecule has 0 saturated heterocycles.